The molecule has 0 aliphatic rings. The number of phenolic OH excluding ortho intramolecular Hbond substituents is 1. The number of aromatic nitrogens is 3. The smallest absolute Gasteiger partial charge is 0.253 e. The van der Waals surface area contributed by atoms with Gasteiger partial charge in [-0.25, -0.2) is 9.82 Å². The molecule has 0 aliphatic heterocycles. The quantitative estimate of drug-likeness (QED) is 0.249. The first-order valence-corrected chi connectivity index (χ1v) is 9.95. The number of benzene rings is 2. The molecule has 0 bridgehead atoms. The van der Waals surface area contributed by atoms with Crippen LogP contribution in [0.15, 0.2) is 71.4 Å². The first-order chi connectivity index (χ1) is 14.5. The minimum atomic E-state index is -0.514. The summed E-state index contributed by atoms with van der Waals surface area (Å²) in [5.74, 6) is -0.0349. The SMILES string of the molecule is C=CCn1c(S[C@@H](C)C(=O)N/N=C\c2ccccc2O)nnc1-c1ccc(F)cc1. The van der Waals surface area contributed by atoms with Gasteiger partial charge in [-0.15, -0.1) is 16.8 Å². The number of rotatable bonds is 8. The number of hydrogen-bond acceptors (Lipinski definition) is 6. The molecular weight excluding hydrogens is 405 g/mol. The summed E-state index contributed by atoms with van der Waals surface area (Å²) in [6.45, 7) is 5.91. The van der Waals surface area contributed by atoms with Crippen LogP contribution >= 0.6 is 11.8 Å². The molecule has 3 rings (SSSR count). The summed E-state index contributed by atoms with van der Waals surface area (Å²) in [5, 5.41) is 22.0. The van der Waals surface area contributed by atoms with Crippen molar-refractivity contribution in [3.8, 4) is 17.1 Å². The molecule has 1 atom stereocenters. The lowest BCUT2D eigenvalue weighted by Crippen LogP contribution is -2.27. The van der Waals surface area contributed by atoms with Crippen LogP contribution in [0.25, 0.3) is 11.4 Å². The number of amides is 1. The van der Waals surface area contributed by atoms with Crippen molar-refractivity contribution in [2.75, 3.05) is 0 Å². The van der Waals surface area contributed by atoms with E-state index in [1.54, 1.807) is 47.9 Å². The maximum Gasteiger partial charge on any atom is 0.253 e. The average molecular weight is 425 g/mol. The van der Waals surface area contributed by atoms with Gasteiger partial charge in [0.25, 0.3) is 5.91 Å². The van der Waals surface area contributed by atoms with Crippen LogP contribution in [-0.2, 0) is 11.3 Å². The maximum atomic E-state index is 13.2. The number of para-hydroxylation sites is 1. The van der Waals surface area contributed by atoms with E-state index in [-0.39, 0.29) is 17.5 Å². The fourth-order valence-electron chi connectivity index (χ4n) is 2.55. The Balaban J connectivity index is 1.70. The highest BCUT2D eigenvalue weighted by Crippen LogP contribution is 2.27. The summed E-state index contributed by atoms with van der Waals surface area (Å²) in [6, 6.07) is 12.6. The molecular formula is C21H20FN5O2S. The number of hydrazone groups is 1. The molecule has 2 aromatic carbocycles. The van der Waals surface area contributed by atoms with E-state index in [1.807, 2.05) is 0 Å². The lowest BCUT2D eigenvalue weighted by molar-refractivity contribution is -0.120. The zero-order chi connectivity index (χ0) is 21.5. The van der Waals surface area contributed by atoms with Crippen LogP contribution in [-0.4, -0.2) is 37.2 Å². The molecule has 0 saturated heterocycles. The molecule has 0 fully saturated rings. The summed E-state index contributed by atoms with van der Waals surface area (Å²) >= 11 is 1.22. The van der Waals surface area contributed by atoms with Crippen molar-refractivity contribution in [3.63, 3.8) is 0 Å². The average Bonchev–Trinajstić information content (AvgIpc) is 3.12. The minimum Gasteiger partial charge on any atom is -0.507 e. The van der Waals surface area contributed by atoms with Gasteiger partial charge in [0.2, 0.25) is 0 Å². The van der Waals surface area contributed by atoms with Gasteiger partial charge in [-0.05, 0) is 43.3 Å². The van der Waals surface area contributed by atoms with Crippen LogP contribution in [0, 0.1) is 5.82 Å². The van der Waals surface area contributed by atoms with Crippen molar-refractivity contribution >= 4 is 23.9 Å². The number of aromatic hydroxyl groups is 1. The Morgan fingerprint density at radius 1 is 1.30 bits per heavy atom. The van der Waals surface area contributed by atoms with E-state index in [0.29, 0.717) is 28.7 Å². The zero-order valence-electron chi connectivity index (χ0n) is 16.2. The summed E-state index contributed by atoms with van der Waals surface area (Å²) < 4.78 is 15.0. The normalized spacial score (nSPS) is 12.1. The number of nitrogens with zero attached hydrogens (tertiary/aromatic N) is 4. The van der Waals surface area contributed by atoms with Gasteiger partial charge in [0.15, 0.2) is 11.0 Å². The molecule has 9 heteroatoms. The Morgan fingerprint density at radius 2 is 2.03 bits per heavy atom. The van der Waals surface area contributed by atoms with Gasteiger partial charge in [-0.2, -0.15) is 5.10 Å². The van der Waals surface area contributed by atoms with Gasteiger partial charge < -0.3 is 5.11 Å². The van der Waals surface area contributed by atoms with Crippen LogP contribution in [0.1, 0.15) is 12.5 Å². The fourth-order valence-corrected chi connectivity index (χ4v) is 3.40. The van der Waals surface area contributed by atoms with Crippen LogP contribution in [0.5, 0.6) is 5.75 Å². The molecule has 2 N–H and O–H groups in total. The Labute approximate surface area is 177 Å². The summed E-state index contributed by atoms with van der Waals surface area (Å²) in [7, 11) is 0. The molecule has 3 aromatic rings. The van der Waals surface area contributed by atoms with Gasteiger partial charge >= 0.3 is 0 Å². The number of phenols is 1. The Bertz CT molecular complexity index is 1070. The predicted molar refractivity (Wildman–Crippen MR) is 115 cm³/mol. The number of hydrogen-bond donors (Lipinski definition) is 2. The van der Waals surface area contributed by atoms with Crippen molar-refractivity contribution in [3.05, 3.63) is 72.6 Å². The third-order valence-corrected chi connectivity index (χ3v) is 5.18. The summed E-state index contributed by atoms with van der Waals surface area (Å²) in [4.78, 5) is 12.4. The van der Waals surface area contributed by atoms with Crippen molar-refractivity contribution in [2.24, 2.45) is 5.10 Å². The first-order valence-electron chi connectivity index (χ1n) is 9.07. The van der Waals surface area contributed by atoms with Crippen LogP contribution in [0.4, 0.5) is 4.39 Å². The summed E-state index contributed by atoms with van der Waals surface area (Å²) in [6.07, 6.45) is 3.07. The highest BCUT2D eigenvalue weighted by molar-refractivity contribution is 8.00. The molecule has 0 spiro atoms. The second kappa shape index (κ2) is 9.84. The molecule has 1 heterocycles. The largest absolute Gasteiger partial charge is 0.507 e. The van der Waals surface area contributed by atoms with E-state index < -0.39 is 5.25 Å². The standard InChI is InChI=1S/C21H20FN5O2S/c1-3-12-27-19(15-8-10-17(22)11-9-15)24-26-21(27)30-14(2)20(29)25-23-13-16-6-4-5-7-18(16)28/h3-11,13-14,28H,1,12H2,2H3,(H,25,29)/b23-13-/t14-/m0/s1. The predicted octanol–water partition coefficient (Wildman–Crippen LogP) is 3.61. The third kappa shape index (κ3) is 5.12. The zero-order valence-corrected chi connectivity index (χ0v) is 17.0. The summed E-state index contributed by atoms with van der Waals surface area (Å²) in [5.41, 5.74) is 3.66. The van der Waals surface area contributed by atoms with Crippen LogP contribution < -0.4 is 5.43 Å². The van der Waals surface area contributed by atoms with Gasteiger partial charge in [0.05, 0.1) is 11.5 Å². The van der Waals surface area contributed by atoms with E-state index in [4.69, 9.17) is 0 Å². The molecule has 1 aromatic heterocycles. The molecule has 0 radical (unpaired) electrons. The third-order valence-electron chi connectivity index (χ3n) is 4.10. The van der Waals surface area contributed by atoms with Gasteiger partial charge in [0, 0.05) is 17.7 Å². The molecule has 30 heavy (non-hydrogen) atoms. The van der Waals surface area contributed by atoms with Gasteiger partial charge in [-0.3, -0.25) is 9.36 Å². The van der Waals surface area contributed by atoms with E-state index >= 15 is 0 Å². The van der Waals surface area contributed by atoms with Crippen LogP contribution in [0.2, 0.25) is 0 Å². The highest BCUT2D eigenvalue weighted by Gasteiger charge is 2.20. The van der Waals surface area contributed by atoms with Crippen molar-refractivity contribution < 1.29 is 14.3 Å². The number of allylic oxidation sites excluding steroid dienone is 1. The fraction of sp³-hybridized carbons (Fsp3) is 0.143. The minimum absolute atomic E-state index is 0.0729. The topological polar surface area (TPSA) is 92.4 Å². The molecule has 7 nitrogen and oxygen atoms in total. The number of thioether (sulfide) groups is 1. The molecule has 154 valence electrons. The number of carbonyl (C=O) groups excluding carboxylic acids is 1. The second-order valence-electron chi connectivity index (χ2n) is 6.27. The van der Waals surface area contributed by atoms with Crippen molar-refractivity contribution in [2.45, 2.75) is 23.9 Å². The van der Waals surface area contributed by atoms with E-state index in [9.17, 15) is 14.3 Å². The number of halogens is 1. The van der Waals surface area contributed by atoms with Crippen molar-refractivity contribution in [1.29, 1.82) is 0 Å². The monoisotopic (exact) mass is 425 g/mol. The van der Waals surface area contributed by atoms with Crippen molar-refractivity contribution in [1.82, 2.24) is 20.2 Å². The highest BCUT2D eigenvalue weighted by atomic mass is 32.2. The molecule has 1 amide bonds. The first kappa shape index (κ1) is 21.3. The van der Waals surface area contributed by atoms with E-state index in [2.05, 4.69) is 27.3 Å². The Hall–Kier alpha value is -3.46. The van der Waals surface area contributed by atoms with E-state index in [0.717, 1.165) is 0 Å². The van der Waals surface area contributed by atoms with Crippen LogP contribution in [0.3, 0.4) is 0 Å². The van der Waals surface area contributed by atoms with E-state index in [1.165, 1.54) is 36.2 Å². The van der Waals surface area contributed by atoms with Gasteiger partial charge in [0.1, 0.15) is 11.6 Å². The number of carbonyl (C=O) groups is 1. The number of nitrogens with one attached hydrogen (secondary N) is 1. The second-order valence-corrected chi connectivity index (χ2v) is 7.57. The molecule has 0 saturated carbocycles. The lowest BCUT2D eigenvalue weighted by Gasteiger charge is -2.11. The Kier molecular flexibility index (Phi) is 6.97. The molecule has 0 aliphatic carbocycles. The van der Waals surface area contributed by atoms with Gasteiger partial charge in [-0.1, -0.05) is 30.0 Å². The maximum absolute atomic E-state index is 13.2. The Morgan fingerprint density at radius 3 is 2.73 bits per heavy atom. The molecule has 0 unspecified atom stereocenters. The lowest BCUT2D eigenvalue weighted by atomic mass is 10.2.